The van der Waals surface area contributed by atoms with Crippen molar-refractivity contribution in [1.29, 1.82) is 0 Å². The summed E-state index contributed by atoms with van der Waals surface area (Å²) in [4.78, 5) is 29.5. The summed E-state index contributed by atoms with van der Waals surface area (Å²) in [7, 11) is 4.03. The molecule has 0 radical (unpaired) electrons. The minimum Gasteiger partial charge on any atom is -0.483 e. The second-order valence-corrected chi connectivity index (χ2v) is 5.64. The smallest absolute Gasteiger partial charge is 0.290 e. The number of carboxylic acid groups (broad SMARTS) is 1. The van der Waals surface area contributed by atoms with Crippen LogP contribution in [0.5, 0.6) is 0 Å². The second-order valence-electron chi connectivity index (χ2n) is 5.64. The summed E-state index contributed by atoms with van der Waals surface area (Å²) >= 11 is 0. The van der Waals surface area contributed by atoms with Gasteiger partial charge in [-0.3, -0.25) is 9.59 Å². The molecule has 7 heteroatoms. The van der Waals surface area contributed by atoms with Crippen molar-refractivity contribution in [2.24, 2.45) is 7.05 Å². The molecule has 1 aromatic rings. The van der Waals surface area contributed by atoms with E-state index in [1.807, 2.05) is 11.6 Å². The standard InChI is InChI=1S/C13H20N4O.CH2O2/c1-15-6-5-10-3-4-11(8-15)17(10)13(18)12-7-14-9-16(12)2;2-1-3/h7,9-11H,3-6,8H2,1-2H3;1H,(H,2,3)/t10-,11+;/m1./s1. The molecule has 2 saturated heterocycles. The van der Waals surface area contributed by atoms with E-state index in [-0.39, 0.29) is 12.4 Å². The summed E-state index contributed by atoms with van der Waals surface area (Å²) in [6, 6.07) is 0.798. The number of hydrogen-bond acceptors (Lipinski definition) is 4. The molecule has 116 valence electrons. The van der Waals surface area contributed by atoms with Gasteiger partial charge in [0.15, 0.2) is 0 Å². The summed E-state index contributed by atoms with van der Waals surface area (Å²) in [5.41, 5.74) is 0.705. The average Bonchev–Trinajstić information content (AvgIpc) is 2.98. The normalized spacial score (nSPS) is 25.0. The number of hydrogen-bond donors (Lipinski definition) is 1. The van der Waals surface area contributed by atoms with E-state index in [1.165, 1.54) is 0 Å². The topological polar surface area (TPSA) is 78.7 Å². The molecular formula is C14H22N4O3. The number of nitrogens with zero attached hydrogens (tertiary/aromatic N) is 4. The number of carbonyl (C=O) groups is 2. The largest absolute Gasteiger partial charge is 0.483 e. The minimum atomic E-state index is -0.250. The maximum absolute atomic E-state index is 12.6. The zero-order valence-corrected chi connectivity index (χ0v) is 12.5. The van der Waals surface area contributed by atoms with Crippen LogP contribution in [0.25, 0.3) is 0 Å². The van der Waals surface area contributed by atoms with Crippen molar-refractivity contribution in [3.8, 4) is 0 Å². The van der Waals surface area contributed by atoms with Gasteiger partial charge in [0.05, 0.1) is 12.5 Å². The summed E-state index contributed by atoms with van der Waals surface area (Å²) in [5.74, 6) is 0.151. The first kappa shape index (κ1) is 15.5. The predicted molar refractivity (Wildman–Crippen MR) is 77.0 cm³/mol. The van der Waals surface area contributed by atoms with Gasteiger partial charge in [-0.1, -0.05) is 0 Å². The maximum Gasteiger partial charge on any atom is 0.290 e. The van der Waals surface area contributed by atoms with Gasteiger partial charge in [0.2, 0.25) is 0 Å². The third-order valence-corrected chi connectivity index (χ3v) is 4.26. The molecule has 0 aromatic carbocycles. The molecule has 7 nitrogen and oxygen atoms in total. The van der Waals surface area contributed by atoms with Crippen molar-refractivity contribution in [3.05, 3.63) is 18.2 Å². The fourth-order valence-corrected chi connectivity index (χ4v) is 3.27. The van der Waals surface area contributed by atoms with Crippen molar-refractivity contribution < 1.29 is 14.7 Å². The quantitative estimate of drug-likeness (QED) is 0.760. The molecule has 0 unspecified atom stereocenters. The van der Waals surface area contributed by atoms with Gasteiger partial charge in [-0.15, -0.1) is 0 Å². The van der Waals surface area contributed by atoms with Gasteiger partial charge >= 0.3 is 0 Å². The van der Waals surface area contributed by atoms with Crippen LogP contribution in [0.2, 0.25) is 0 Å². The fraction of sp³-hybridized carbons (Fsp3) is 0.643. The van der Waals surface area contributed by atoms with Crippen molar-refractivity contribution >= 4 is 12.4 Å². The van der Waals surface area contributed by atoms with Crippen LogP contribution >= 0.6 is 0 Å². The highest BCUT2D eigenvalue weighted by molar-refractivity contribution is 5.93. The highest BCUT2D eigenvalue weighted by Gasteiger charge is 2.40. The van der Waals surface area contributed by atoms with Crippen LogP contribution < -0.4 is 0 Å². The lowest BCUT2D eigenvalue weighted by Crippen LogP contribution is -2.43. The Morgan fingerprint density at radius 3 is 2.62 bits per heavy atom. The zero-order chi connectivity index (χ0) is 15.4. The molecular weight excluding hydrogens is 272 g/mol. The maximum atomic E-state index is 12.6. The lowest BCUT2D eigenvalue weighted by atomic mass is 10.1. The molecule has 1 amide bonds. The molecule has 3 heterocycles. The lowest BCUT2D eigenvalue weighted by molar-refractivity contribution is -0.122. The summed E-state index contributed by atoms with van der Waals surface area (Å²) in [6.07, 6.45) is 6.76. The highest BCUT2D eigenvalue weighted by atomic mass is 16.3. The number of aryl methyl sites for hydroxylation is 1. The molecule has 2 atom stereocenters. The Morgan fingerprint density at radius 2 is 2.00 bits per heavy atom. The molecule has 1 N–H and O–H groups in total. The monoisotopic (exact) mass is 294 g/mol. The van der Waals surface area contributed by atoms with Gasteiger partial charge < -0.3 is 19.5 Å². The number of aromatic nitrogens is 2. The number of carbonyl (C=O) groups excluding carboxylic acids is 1. The van der Waals surface area contributed by atoms with Crippen molar-refractivity contribution in [2.45, 2.75) is 31.3 Å². The third kappa shape index (κ3) is 3.24. The Kier molecular flexibility index (Phi) is 4.95. The van der Waals surface area contributed by atoms with Crippen LogP contribution in [0, 0.1) is 0 Å². The van der Waals surface area contributed by atoms with Gasteiger partial charge in [0, 0.05) is 25.7 Å². The summed E-state index contributed by atoms with van der Waals surface area (Å²) in [6.45, 7) is 1.84. The molecule has 3 rings (SSSR count). The molecule has 2 aliphatic rings. The molecule has 2 aliphatic heterocycles. The van der Waals surface area contributed by atoms with Gasteiger partial charge in [0.25, 0.3) is 12.4 Å². The first-order valence-corrected chi connectivity index (χ1v) is 7.13. The number of rotatable bonds is 1. The highest BCUT2D eigenvalue weighted by Crippen LogP contribution is 2.31. The van der Waals surface area contributed by atoms with Crippen LogP contribution in [-0.2, 0) is 11.8 Å². The fourth-order valence-electron chi connectivity index (χ4n) is 3.27. The Morgan fingerprint density at radius 1 is 1.33 bits per heavy atom. The number of fused-ring (bicyclic) bond motifs is 2. The molecule has 0 spiro atoms. The molecule has 2 fully saturated rings. The van der Waals surface area contributed by atoms with E-state index >= 15 is 0 Å². The van der Waals surface area contributed by atoms with Crippen LogP contribution in [0.4, 0.5) is 0 Å². The molecule has 0 aliphatic carbocycles. The Labute approximate surface area is 124 Å². The van der Waals surface area contributed by atoms with E-state index in [2.05, 4.69) is 21.8 Å². The van der Waals surface area contributed by atoms with E-state index < -0.39 is 0 Å². The Balaban J connectivity index is 0.000000497. The Bertz CT molecular complexity index is 502. The molecule has 21 heavy (non-hydrogen) atoms. The number of amides is 1. The SMILES string of the molecule is CN1CC[C@H]2CC[C@@H](C1)N2C(=O)c1cncn1C.O=CO. The number of imidazole rings is 1. The van der Waals surface area contributed by atoms with Crippen LogP contribution in [0.15, 0.2) is 12.5 Å². The van der Waals surface area contributed by atoms with E-state index in [0.29, 0.717) is 17.8 Å². The van der Waals surface area contributed by atoms with Gasteiger partial charge in [-0.05, 0) is 32.9 Å². The van der Waals surface area contributed by atoms with Crippen molar-refractivity contribution in [1.82, 2.24) is 19.4 Å². The van der Waals surface area contributed by atoms with Gasteiger partial charge in [-0.25, -0.2) is 4.98 Å². The van der Waals surface area contributed by atoms with Crippen LogP contribution in [-0.4, -0.2) is 69.1 Å². The number of likely N-dealkylation sites (tertiary alicyclic amines) is 1. The van der Waals surface area contributed by atoms with Crippen molar-refractivity contribution in [2.75, 3.05) is 20.1 Å². The van der Waals surface area contributed by atoms with E-state index in [9.17, 15) is 4.79 Å². The van der Waals surface area contributed by atoms with E-state index in [1.54, 1.807) is 12.5 Å². The van der Waals surface area contributed by atoms with Crippen LogP contribution in [0.1, 0.15) is 29.8 Å². The van der Waals surface area contributed by atoms with Crippen LogP contribution in [0.3, 0.4) is 0 Å². The zero-order valence-electron chi connectivity index (χ0n) is 12.5. The predicted octanol–water partition coefficient (Wildman–Crippen LogP) is 0.430. The third-order valence-electron chi connectivity index (χ3n) is 4.26. The second kappa shape index (κ2) is 6.71. The van der Waals surface area contributed by atoms with Gasteiger partial charge in [0.1, 0.15) is 5.69 Å². The molecule has 0 saturated carbocycles. The van der Waals surface area contributed by atoms with E-state index in [4.69, 9.17) is 9.90 Å². The lowest BCUT2D eigenvalue weighted by Gasteiger charge is -2.28. The minimum absolute atomic E-state index is 0.151. The molecule has 1 aromatic heterocycles. The Hall–Kier alpha value is -1.89. The summed E-state index contributed by atoms with van der Waals surface area (Å²) in [5, 5.41) is 6.89. The summed E-state index contributed by atoms with van der Waals surface area (Å²) < 4.78 is 1.82. The van der Waals surface area contributed by atoms with Crippen molar-refractivity contribution in [3.63, 3.8) is 0 Å². The van der Waals surface area contributed by atoms with Gasteiger partial charge in [-0.2, -0.15) is 0 Å². The van der Waals surface area contributed by atoms with E-state index in [0.717, 1.165) is 32.4 Å². The average molecular weight is 294 g/mol. The first-order chi connectivity index (χ1) is 10.1. The first-order valence-electron chi connectivity index (χ1n) is 7.13. The number of likely N-dealkylation sites (N-methyl/N-ethyl adjacent to an activating group) is 1. The molecule has 2 bridgehead atoms.